The maximum absolute atomic E-state index is 11.9. The van der Waals surface area contributed by atoms with E-state index in [4.69, 9.17) is 10.5 Å². The standard InChI is InChI=1S/C9H17N5O3S2/c1-2-14-3-4-17-7(6-14)5-11-19(15,16)9-13-12-8(10)18-9/h7,11H,2-6H2,1H3,(H2,10,12). The largest absolute Gasteiger partial charge is 0.374 e. The van der Waals surface area contributed by atoms with Gasteiger partial charge in [-0.25, -0.2) is 13.1 Å². The predicted molar refractivity (Wildman–Crippen MR) is 71.4 cm³/mol. The summed E-state index contributed by atoms with van der Waals surface area (Å²) >= 11 is 0.840. The Morgan fingerprint density at radius 1 is 1.58 bits per heavy atom. The molecule has 0 aliphatic carbocycles. The van der Waals surface area contributed by atoms with Gasteiger partial charge < -0.3 is 10.5 Å². The van der Waals surface area contributed by atoms with Crippen molar-refractivity contribution in [3.63, 3.8) is 0 Å². The van der Waals surface area contributed by atoms with Crippen molar-refractivity contribution in [1.82, 2.24) is 19.8 Å². The van der Waals surface area contributed by atoms with E-state index in [0.717, 1.165) is 31.0 Å². The number of morpholine rings is 1. The van der Waals surface area contributed by atoms with Crippen molar-refractivity contribution in [3.8, 4) is 0 Å². The second kappa shape index (κ2) is 6.09. The number of hydrogen-bond donors (Lipinski definition) is 2. The molecule has 0 amide bonds. The summed E-state index contributed by atoms with van der Waals surface area (Å²) in [6.45, 7) is 5.43. The first-order valence-corrected chi connectivity index (χ1v) is 8.24. The minimum atomic E-state index is -3.65. The van der Waals surface area contributed by atoms with Crippen LogP contribution < -0.4 is 10.5 Å². The Kier molecular flexibility index (Phi) is 4.68. The normalized spacial score (nSPS) is 21.6. The maximum Gasteiger partial charge on any atom is 0.269 e. The molecule has 1 aromatic heterocycles. The Morgan fingerprint density at radius 3 is 3.00 bits per heavy atom. The fourth-order valence-corrected chi connectivity index (χ4v) is 3.68. The van der Waals surface area contributed by atoms with Crippen LogP contribution in [0.1, 0.15) is 6.92 Å². The van der Waals surface area contributed by atoms with Crippen LogP contribution in [0, 0.1) is 0 Å². The molecule has 2 rings (SSSR count). The quantitative estimate of drug-likeness (QED) is 0.726. The highest BCUT2D eigenvalue weighted by Crippen LogP contribution is 2.16. The zero-order chi connectivity index (χ0) is 13.9. The van der Waals surface area contributed by atoms with Gasteiger partial charge in [0.1, 0.15) is 0 Å². The molecule has 1 saturated heterocycles. The Bertz CT molecular complexity index is 518. The molecular weight excluding hydrogens is 290 g/mol. The van der Waals surface area contributed by atoms with Gasteiger partial charge in [-0.2, -0.15) is 0 Å². The highest BCUT2D eigenvalue weighted by molar-refractivity contribution is 7.91. The molecule has 0 aromatic carbocycles. The Balaban J connectivity index is 1.91. The van der Waals surface area contributed by atoms with Crippen molar-refractivity contribution >= 4 is 26.5 Å². The molecule has 0 saturated carbocycles. The van der Waals surface area contributed by atoms with Gasteiger partial charge >= 0.3 is 0 Å². The van der Waals surface area contributed by atoms with Crippen LogP contribution in [0.4, 0.5) is 5.13 Å². The lowest BCUT2D eigenvalue weighted by Crippen LogP contribution is -2.47. The smallest absolute Gasteiger partial charge is 0.269 e. The van der Waals surface area contributed by atoms with Crippen LogP contribution in [0.15, 0.2) is 4.34 Å². The van der Waals surface area contributed by atoms with Crippen LogP contribution in [-0.4, -0.2) is 62.4 Å². The van der Waals surface area contributed by atoms with Gasteiger partial charge in [0.05, 0.1) is 12.7 Å². The molecule has 108 valence electrons. The van der Waals surface area contributed by atoms with Crippen LogP contribution in [0.3, 0.4) is 0 Å². The summed E-state index contributed by atoms with van der Waals surface area (Å²) in [5.74, 6) is 0. The Morgan fingerprint density at radius 2 is 2.37 bits per heavy atom. The number of aromatic nitrogens is 2. The third-order valence-corrected chi connectivity index (χ3v) is 5.37. The Hall–Kier alpha value is -0.810. The first-order valence-electron chi connectivity index (χ1n) is 5.94. The molecule has 8 nitrogen and oxygen atoms in total. The van der Waals surface area contributed by atoms with E-state index < -0.39 is 10.0 Å². The van der Waals surface area contributed by atoms with E-state index >= 15 is 0 Å². The fourth-order valence-electron chi connectivity index (χ4n) is 1.78. The number of anilines is 1. The lowest BCUT2D eigenvalue weighted by Gasteiger charge is -2.31. The number of ether oxygens (including phenoxy) is 1. The van der Waals surface area contributed by atoms with Gasteiger partial charge in [0.15, 0.2) is 0 Å². The zero-order valence-corrected chi connectivity index (χ0v) is 12.2. The molecule has 0 bridgehead atoms. The Labute approximate surface area is 116 Å². The van der Waals surface area contributed by atoms with Gasteiger partial charge in [-0.05, 0) is 6.54 Å². The van der Waals surface area contributed by atoms with Gasteiger partial charge in [0.2, 0.25) is 9.47 Å². The number of likely N-dealkylation sites (N-methyl/N-ethyl adjacent to an activating group) is 1. The van der Waals surface area contributed by atoms with Gasteiger partial charge in [-0.1, -0.05) is 18.3 Å². The number of nitrogens with two attached hydrogens (primary N) is 1. The van der Waals surface area contributed by atoms with Crippen molar-refractivity contribution in [2.75, 3.05) is 38.5 Å². The summed E-state index contributed by atoms with van der Waals surface area (Å²) in [6.07, 6.45) is -0.145. The lowest BCUT2D eigenvalue weighted by atomic mass is 10.3. The second-order valence-electron chi connectivity index (χ2n) is 4.14. The SMILES string of the molecule is CCN1CCOC(CNS(=O)(=O)c2nnc(N)s2)C1. The summed E-state index contributed by atoms with van der Waals surface area (Å²) in [6, 6.07) is 0. The van der Waals surface area contributed by atoms with Gasteiger partial charge in [0, 0.05) is 19.6 Å². The van der Waals surface area contributed by atoms with Crippen LogP contribution in [0.5, 0.6) is 0 Å². The fraction of sp³-hybridized carbons (Fsp3) is 0.778. The average molecular weight is 307 g/mol. The molecule has 19 heavy (non-hydrogen) atoms. The molecule has 1 atom stereocenters. The number of hydrogen-bond acceptors (Lipinski definition) is 8. The summed E-state index contributed by atoms with van der Waals surface area (Å²) in [7, 11) is -3.65. The maximum atomic E-state index is 11.9. The van der Waals surface area contributed by atoms with E-state index in [0.29, 0.717) is 6.61 Å². The first kappa shape index (κ1) is 14.6. The predicted octanol–water partition coefficient (Wildman–Crippen LogP) is -0.881. The van der Waals surface area contributed by atoms with Crippen molar-refractivity contribution < 1.29 is 13.2 Å². The van der Waals surface area contributed by atoms with E-state index in [1.54, 1.807) is 0 Å². The summed E-state index contributed by atoms with van der Waals surface area (Å²) in [5, 5.41) is 7.15. The minimum Gasteiger partial charge on any atom is -0.374 e. The zero-order valence-electron chi connectivity index (χ0n) is 10.6. The molecule has 1 aliphatic heterocycles. The van der Waals surface area contributed by atoms with Crippen molar-refractivity contribution in [1.29, 1.82) is 0 Å². The van der Waals surface area contributed by atoms with Gasteiger partial charge in [-0.15, -0.1) is 10.2 Å². The molecule has 1 aliphatic rings. The monoisotopic (exact) mass is 307 g/mol. The molecule has 1 fully saturated rings. The van der Waals surface area contributed by atoms with Crippen LogP contribution in [0.25, 0.3) is 0 Å². The molecule has 10 heteroatoms. The van der Waals surface area contributed by atoms with E-state index in [9.17, 15) is 8.42 Å². The third kappa shape index (κ3) is 3.83. The average Bonchev–Trinajstić information content (AvgIpc) is 2.84. The number of nitrogens with zero attached hydrogens (tertiary/aromatic N) is 3. The van der Waals surface area contributed by atoms with Gasteiger partial charge in [0.25, 0.3) is 10.0 Å². The summed E-state index contributed by atoms with van der Waals surface area (Å²) in [4.78, 5) is 2.21. The summed E-state index contributed by atoms with van der Waals surface area (Å²) in [5.41, 5.74) is 5.37. The molecule has 0 radical (unpaired) electrons. The number of nitrogens with one attached hydrogen (secondary N) is 1. The highest BCUT2D eigenvalue weighted by Gasteiger charge is 2.24. The first-order chi connectivity index (χ1) is 9.01. The highest BCUT2D eigenvalue weighted by atomic mass is 32.2. The number of rotatable bonds is 5. The summed E-state index contributed by atoms with van der Waals surface area (Å²) < 4.78 is 31.7. The second-order valence-corrected chi connectivity index (χ2v) is 7.09. The third-order valence-electron chi connectivity index (χ3n) is 2.82. The van der Waals surface area contributed by atoms with E-state index in [2.05, 4.69) is 26.7 Å². The minimum absolute atomic E-state index is 0.117. The number of nitrogen functional groups attached to an aromatic ring is 1. The van der Waals surface area contributed by atoms with Gasteiger partial charge in [-0.3, -0.25) is 4.90 Å². The van der Waals surface area contributed by atoms with Crippen LogP contribution >= 0.6 is 11.3 Å². The van der Waals surface area contributed by atoms with E-state index in [1.165, 1.54) is 0 Å². The topological polar surface area (TPSA) is 110 Å². The van der Waals surface area contributed by atoms with Crippen molar-refractivity contribution in [2.24, 2.45) is 0 Å². The van der Waals surface area contributed by atoms with E-state index in [1.807, 2.05) is 0 Å². The van der Waals surface area contributed by atoms with Crippen molar-refractivity contribution in [3.05, 3.63) is 0 Å². The molecule has 1 unspecified atom stereocenters. The molecular formula is C9H17N5O3S2. The molecule has 3 N–H and O–H groups in total. The number of sulfonamides is 1. The van der Waals surface area contributed by atoms with Crippen LogP contribution in [0.2, 0.25) is 0 Å². The molecule has 0 spiro atoms. The van der Waals surface area contributed by atoms with E-state index in [-0.39, 0.29) is 22.1 Å². The molecule has 2 heterocycles. The van der Waals surface area contributed by atoms with Crippen LogP contribution in [-0.2, 0) is 14.8 Å². The molecule has 1 aromatic rings. The lowest BCUT2D eigenvalue weighted by molar-refractivity contribution is -0.0229. The van der Waals surface area contributed by atoms with Crippen molar-refractivity contribution in [2.45, 2.75) is 17.4 Å².